The van der Waals surface area contributed by atoms with Crippen LogP contribution in [0.25, 0.3) is 5.57 Å². The van der Waals surface area contributed by atoms with Gasteiger partial charge in [0.1, 0.15) is 5.60 Å². The number of allylic oxidation sites excluding steroid dienone is 2. The van der Waals surface area contributed by atoms with Crippen LogP contribution in [0.1, 0.15) is 42.3 Å². The number of carbonyl (C=O) groups excluding carboxylic acids is 2. The second-order valence-electron chi connectivity index (χ2n) is 7.74. The van der Waals surface area contributed by atoms with Crippen molar-refractivity contribution in [1.82, 2.24) is 5.32 Å². The molecule has 1 amide bonds. The number of rotatable bonds is 5. The molecule has 0 fully saturated rings. The highest BCUT2D eigenvalue weighted by Crippen LogP contribution is 2.36. The van der Waals surface area contributed by atoms with Gasteiger partial charge < -0.3 is 10.1 Å². The third-order valence-corrected chi connectivity index (χ3v) is 4.71. The molecule has 32 heavy (non-hydrogen) atoms. The first-order valence-electron chi connectivity index (χ1n) is 9.20. The average Bonchev–Trinajstić information content (AvgIpc) is 2.62. The summed E-state index contributed by atoms with van der Waals surface area (Å²) in [5.41, 5.74) is -1.98. The van der Waals surface area contributed by atoms with E-state index in [9.17, 15) is 22.8 Å². The lowest BCUT2D eigenvalue weighted by atomic mass is 10.0. The van der Waals surface area contributed by atoms with Gasteiger partial charge in [0.05, 0.1) is 5.57 Å². The predicted molar refractivity (Wildman–Crippen MR) is 119 cm³/mol. The van der Waals surface area contributed by atoms with E-state index in [4.69, 9.17) is 39.5 Å². The van der Waals surface area contributed by atoms with Gasteiger partial charge in [0.15, 0.2) is 5.78 Å². The Morgan fingerprint density at radius 1 is 0.969 bits per heavy atom. The average molecular weight is 509 g/mol. The maximum atomic E-state index is 13.6. The summed E-state index contributed by atoms with van der Waals surface area (Å²) in [5, 5.41) is 2.70. The summed E-state index contributed by atoms with van der Waals surface area (Å²) in [4.78, 5) is 24.5. The molecule has 0 bridgehead atoms. The van der Waals surface area contributed by atoms with Crippen molar-refractivity contribution in [3.8, 4) is 0 Å². The van der Waals surface area contributed by atoms with E-state index in [1.807, 2.05) is 0 Å². The highest BCUT2D eigenvalue weighted by Gasteiger charge is 2.35. The molecule has 0 aliphatic rings. The Morgan fingerprint density at radius 3 is 2.09 bits per heavy atom. The number of benzene rings is 2. The maximum absolute atomic E-state index is 13.6. The predicted octanol–water partition coefficient (Wildman–Crippen LogP) is 7.50. The Morgan fingerprint density at radius 2 is 1.56 bits per heavy atom. The van der Waals surface area contributed by atoms with Crippen LogP contribution in [-0.2, 0) is 11.3 Å². The van der Waals surface area contributed by atoms with E-state index in [0.29, 0.717) is 11.6 Å². The molecule has 0 spiro atoms. The fraction of sp³-hybridized carbons (Fsp3) is 0.273. The van der Waals surface area contributed by atoms with Crippen molar-refractivity contribution < 1.29 is 27.5 Å². The summed E-state index contributed by atoms with van der Waals surface area (Å²) in [6.45, 7) is 4.98. The molecule has 2 aromatic rings. The zero-order chi connectivity index (χ0) is 24.3. The van der Waals surface area contributed by atoms with E-state index in [1.165, 1.54) is 24.3 Å². The molecular weight excluding hydrogens is 490 g/mol. The number of alkyl carbamates (subject to hydrolysis) is 1. The first kappa shape index (κ1) is 26.0. The highest BCUT2D eigenvalue weighted by atomic mass is 35.5. The molecule has 1 N–H and O–H groups in total. The molecule has 0 aromatic heterocycles. The molecule has 0 radical (unpaired) electrons. The number of carbonyl (C=O) groups is 2. The number of ether oxygens (including phenoxy) is 1. The largest absolute Gasteiger partial charge is 0.444 e. The molecule has 10 heteroatoms. The van der Waals surface area contributed by atoms with Crippen LogP contribution in [-0.4, -0.2) is 23.7 Å². The van der Waals surface area contributed by atoms with Gasteiger partial charge >= 0.3 is 12.3 Å². The molecule has 0 heterocycles. The van der Waals surface area contributed by atoms with Crippen LogP contribution in [0.4, 0.5) is 18.0 Å². The molecule has 4 nitrogen and oxygen atoms in total. The first-order chi connectivity index (χ1) is 14.7. The molecule has 0 atom stereocenters. The fourth-order valence-corrected chi connectivity index (χ4v) is 3.31. The Hall–Kier alpha value is -2.22. The Balaban J connectivity index is 2.33. The second-order valence-corrected chi connectivity index (χ2v) is 9.02. The van der Waals surface area contributed by atoms with Gasteiger partial charge in [-0.3, -0.25) is 4.79 Å². The van der Waals surface area contributed by atoms with E-state index < -0.39 is 29.2 Å². The minimum Gasteiger partial charge on any atom is -0.444 e. The Labute approximate surface area is 198 Å². The van der Waals surface area contributed by atoms with E-state index in [0.717, 1.165) is 12.1 Å². The van der Waals surface area contributed by atoms with Crippen molar-refractivity contribution in [2.45, 2.75) is 39.1 Å². The zero-order valence-electron chi connectivity index (χ0n) is 17.2. The number of ketones is 1. The number of amides is 1. The van der Waals surface area contributed by atoms with Crippen molar-refractivity contribution in [1.29, 1.82) is 0 Å². The topological polar surface area (TPSA) is 55.4 Å². The minimum atomic E-state index is -4.84. The fourth-order valence-electron chi connectivity index (χ4n) is 2.60. The highest BCUT2D eigenvalue weighted by molar-refractivity contribution is 6.35. The van der Waals surface area contributed by atoms with Crippen LogP contribution in [0.3, 0.4) is 0 Å². The number of halogens is 6. The van der Waals surface area contributed by atoms with Gasteiger partial charge in [0.25, 0.3) is 0 Å². The monoisotopic (exact) mass is 507 g/mol. The van der Waals surface area contributed by atoms with E-state index >= 15 is 0 Å². The molecule has 2 aromatic carbocycles. The van der Waals surface area contributed by atoms with Gasteiger partial charge in [0.2, 0.25) is 0 Å². The Kier molecular flexibility index (Phi) is 8.26. The maximum Gasteiger partial charge on any atom is 0.417 e. The van der Waals surface area contributed by atoms with Crippen LogP contribution in [0, 0.1) is 0 Å². The summed E-state index contributed by atoms with van der Waals surface area (Å²) in [6.07, 6.45) is -5.07. The summed E-state index contributed by atoms with van der Waals surface area (Å²) in [5.74, 6) is -0.913. The number of alkyl halides is 3. The van der Waals surface area contributed by atoms with Gasteiger partial charge in [-0.1, -0.05) is 34.8 Å². The standard InChI is InChI=1S/C22H19Cl3F3NO3/c1-21(2,3)32-20(31)29-11-14-6-12(4-5-18(14)25)19(30)10-17(22(26,27)28)13-7-15(23)9-16(24)8-13/h4-10H,11H2,1-3H3,(H,29,31)/b17-10-. The summed E-state index contributed by atoms with van der Waals surface area (Å²) in [7, 11) is 0. The van der Waals surface area contributed by atoms with Crippen molar-refractivity contribution >= 4 is 52.3 Å². The van der Waals surface area contributed by atoms with Crippen LogP contribution in [0.15, 0.2) is 42.5 Å². The molecule has 0 unspecified atom stereocenters. The molecular formula is C22H19Cl3F3NO3. The van der Waals surface area contributed by atoms with E-state index in [-0.39, 0.29) is 32.7 Å². The molecule has 2 rings (SSSR count). The van der Waals surface area contributed by atoms with Crippen molar-refractivity contribution in [2.75, 3.05) is 0 Å². The van der Waals surface area contributed by atoms with Gasteiger partial charge in [0, 0.05) is 27.2 Å². The van der Waals surface area contributed by atoms with Gasteiger partial charge in [-0.2, -0.15) is 13.2 Å². The molecule has 0 saturated carbocycles. The smallest absolute Gasteiger partial charge is 0.417 e. The van der Waals surface area contributed by atoms with Crippen LogP contribution in [0.2, 0.25) is 15.1 Å². The molecule has 0 saturated heterocycles. The third-order valence-electron chi connectivity index (χ3n) is 3.91. The first-order valence-corrected chi connectivity index (χ1v) is 10.3. The minimum absolute atomic E-state index is 0.00269. The Bertz CT molecular complexity index is 1040. The second kappa shape index (κ2) is 10.1. The lowest BCUT2D eigenvalue weighted by Crippen LogP contribution is -2.32. The lowest BCUT2D eigenvalue weighted by Gasteiger charge is -2.19. The summed E-state index contributed by atoms with van der Waals surface area (Å²) < 4.78 is 46.1. The van der Waals surface area contributed by atoms with Crippen molar-refractivity contribution in [3.05, 3.63) is 74.2 Å². The zero-order valence-corrected chi connectivity index (χ0v) is 19.5. The number of hydrogen-bond acceptors (Lipinski definition) is 3. The van der Waals surface area contributed by atoms with E-state index in [2.05, 4.69) is 5.32 Å². The SMILES string of the molecule is CC(C)(C)OC(=O)NCc1cc(C(=O)/C=C(/c2cc(Cl)cc(Cl)c2)C(F)(F)F)ccc1Cl. The number of nitrogens with one attached hydrogen (secondary N) is 1. The molecule has 172 valence electrons. The third kappa shape index (κ3) is 7.73. The van der Waals surface area contributed by atoms with Gasteiger partial charge in [-0.25, -0.2) is 4.79 Å². The van der Waals surface area contributed by atoms with Crippen LogP contribution >= 0.6 is 34.8 Å². The van der Waals surface area contributed by atoms with Crippen molar-refractivity contribution in [2.24, 2.45) is 0 Å². The van der Waals surface area contributed by atoms with Crippen LogP contribution < -0.4 is 5.32 Å². The van der Waals surface area contributed by atoms with Crippen LogP contribution in [0.5, 0.6) is 0 Å². The quantitative estimate of drug-likeness (QED) is 0.336. The lowest BCUT2D eigenvalue weighted by molar-refractivity contribution is -0.0689. The number of hydrogen-bond donors (Lipinski definition) is 1. The van der Waals surface area contributed by atoms with Crippen molar-refractivity contribution in [3.63, 3.8) is 0 Å². The van der Waals surface area contributed by atoms with Gasteiger partial charge in [-0.15, -0.1) is 0 Å². The van der Waals surface area contributed by atoms with Gasteiger partial charge in [-0.05, 0) is 74.4 Å². The molecule has 0 aliphatic carbocycles. The summed E-state index contributed by atoms with van der Waals surface area (Å²) in [6, 6.07) is 7.37. The normalized spacial score (nSPS) is 12.5. The van der Waals surface area contributed by atoms with E-state index in [1.54, 1.807) is 20.8 Å². The summed E-state index contributed by atoms with van der Waals surface area (Å²) >= 11 is 17.7. The molecule has 0 aliphatic heterocycles.